The van der Waals surface area contributed by atoms with E-state index in [1.807, 2.05) is 6.26 Å². The third-order valence-corrected chi connectivity index (χ3v) is 3.89. The van der Waals surface area contributed by atoms with E-state index >= 15 is 0 Å². The Morgan fingerprint density at radius 2 is 1.94 bits per heavy atom. The number of amides is 1. The summed E-state index contributed by atoms with van der Waals surface area (Å²) in [6.07, 6.45) is 4.10. The third kappa shape index (κ3) is 3.03. The van der Waals surface area contributed by atoms with Gasteiger partial charge in [-0.2, -0.15) is 11.8 Å². The van der Waals surface area contributed by atoms with Crippen LogP contribution in [0.3, 0.4) is 0 Å². The summed E-state index contributed by atoms with van der Waals surface area (Å²) >= 11 is 1.57. The van der Waals surface area contributed by atoms with E-state index in [0.717, 1.165) is 19.4 Å². The Hall–Kier alpha value is -0.960. The summed E-state index contributed by atoms with van der Waals surface area (Å²) in [7, 11) is 0. The normalized spacial score (nSPS) is 16.6. The molecule has 0 aliphatic heterocycles. The highest BCUT2D eigenvalue weighted by molar-refractivity contribution is 7.99. The summed E-state index contributed by atoms with van der Waals surface area (Å²) in [6.45, 7) is 3.04. The zero-order valence-corrected chi connectivity index (χ0v) is 11.3. The average Bonchev–Trinajstić information content (AvgIpc) is 2.64. The maximum Gasteiger partial charge on any atom is 0.230 e. The highest BCUT2D eigenvalue weighted by atomic mass is 32.2. The zero-order valence-electron chi connectivity index (χ0n) is 10.5. The van der Waals surface area contributed by atoms with E-state index in [1.54, 1.807) is 11.8 Å². The van der Waals surface area contributed by atoms with Gasteiger partial charge in [-0.3, -0.25) is 4.79 Å². The number of thioether (sulfide) groups is 1. The van der Waals surface area contributed by atoms with Crippen LogP contribution in [0.1, 0.15) is 18.1 Å². The standard InChI is InChI=1S/C14H19NOS/c1-14(10-15-13(16)9-17-2)7-11-5-3-4-6-12(11)8-14/h3-6H,7-10H2,1-2H3,(H,15,16). The molecule has 0 radical (unpaired) electrons. The number of fused-ring (bicyclic) bond motifs is 1. The van der Waals surface area contributed by atoms with Crippen molar-refractivity contribution in [2.75, 3.05) is 18.6 Å². The smallest absolute Gasteiger partial charge is 0.230 e. The van der Waals surface area contributed by atoms with E-state index in [1.165, 1.54) is 11.1 Å². The molecule has 0 heterocycles. The lowest BCUT2D eigenvalue weighted by Gasteiger charge is -2.23. The Balaban J connectivity index is 1.93. The molecule has 3 heteroatoms. The highest BCUT2D eigenvalue weighted by Gasteiger charge is 2.32. The molecular weight excluding hydrogens is 230 g/mol. The van der Waals surface area contributed by atoms with Crippen LogP contribution in [-0.4, -0.2) is 24.5 Å². The van der Waals surface area contributed by atoms with E-state index in [-0.39, 0.29) is 11.3 Å². The molecule has 0 aromatic heterocycles. The molecule has 2 nitrogen and oxygen atoms in total. The van der Waals surface area contributed by atoms with Crippen molar-refractivity contribution >= 4 is 17.7 Å². The van der Waals surface area contributed by atoms with Crippen LogP contribution in [0.4, 0.5) is 0 Å². The van der Waals surface area contributed by atoms with Gasteiger partial charge >= 0.3 is 0 Å². The average molecular weight is 249 g/mol. The molecule has 0 saturated heterocycles. The molecule has 0 saturated carbocycles. The van der Waals surface area contributed by atoms with Crippen LogP contribution in [-0.2, 0) is 17.6 Å². The van der Waals surface area contributed by atoms with Gasteiger partial charge in [-0.15, -0.1) is 0 Å². The fourth-order valence-corrected chi connectivity index (χ4v) is 2.87. The van der Waals surface area contributed by atoms with E-state index in [2.05, 4.69) is 36.5 Å². The third-order valence-electron chi connectivity index (χ3n) is 3.34. The number of benzene rings is 1. The van der Waals surface area contributed by atoms with Gasteiger partial charge in [0.1, 0.15) is 0 Å². The quantitative estimate of drug-likeness (QED) is 0.887. The summed E-state index contributed by atoms with van der Waals surface area (Å²) in [5.74, 6) is 0.706. The minimum absolute atomic E-state index is 0.148. The minimum Gasteiger partial charge on any atom is -0.355 e. The fourth-order valence-electron chi connectivity index (χ4n) is 2.50. The largest absolute Gasteiger partial charge is 0.355 e. The van der Waals surface area contributed by atoms with Crippen LogP contribution in [0, 0.1) is 5.41 Å². The molecule has 0 bridgehead atoms. The Labute approximate surface area is 107 Å². The summed E-state index contributed by atoms with van der Waals surface area (Å²) in [6, 6.07) is 8.59. The Kier molecular flexibility index (Phi) is 3.77. The van der Waals surface area contributed by atoms with E-state index < -0.39 is 0 Å². The topological polar surface area (TPSA) is 29.1 Å². The fraction of sp³-hybridized carbons (Fsp3) is 0.500. The SMILES string of the molecule is CSCC(=O)NCC1(C)Cc2ccccc2C1. The predicted molar refractivity (Wildman–Crippen MR) is 73.3 cm³/mol. The molecule has 1 N–H and O–H groups in total. The van der Waals surface area contributed by atoms with Crippen molar-refractivity contribution in [1.29, 1.82) is 0 Å². The van der Waals surface area contributed by atoms with Crippen LogP contribution in [0.25, 0.3) is 0 Å². The van der Waals surface area contributed by atoms with Gasteiger partial charge < -0.3 is 5.32 Å². The minimum atomic E-state index is 0.148. The lowest BCUT2D eigenvalue weighted by molar-refractivity contribution is -0.119. The van der Waals surface area contributed by atoms with Crippen LogP contribution in [0.2, 0.25) is 0 Å². The van der Waals surface area contributed by atoms with Gasteiger partial charge in [0.25, 0.3) is 0 Å². The number of carbonyl (C=O) groups is 1. The van der Waals surface area contributed by atoms with Gasteiger partial charge in [0.05, 0.1) is 5.75 Å². The van der Waals surface area contributed by atoms with Gasteiger partial charge in [0, 0.05) is 6.54 Å². The molecule has 1 amide bonds. The Morgan fingerprint density at radius 1 is 1.35 bits per heavy atom. The molecule has 0 unspecified atom stereocenters. The molecule has 92 valence electrons. The van der Waals surface area contributed by atoms with Crippen molar-refractivity contribution in [2.24, 2.45) is 5.41 Å². The lowest BCUT2D eigenvalue weighted by Crippen LogP contribution is -2.37. The lowest BCUT2D eigenvalue weighted by atomic mass is 9.87. The van der Waals surface area contributed by atoms with Crippen LogP contribution < -0.4 is 5.32 Å². The Morgan fingerprint density at radius 3 is 2.47 bits per heavy atom. The second kappa shape index (κ2) is 5.13. The first-order chi connectivity index (χ1) is 8.13. The monoisotopic (exact) mass is 249 g/mol. The van der Waals surface area contributed by atoms with Crippen molar-refractivity contribution in [2.45, 2.75) is 19.8 Å². The van der Waals surface area contributed by atoms with Crippen molar-refractivity contribution in [3.8, 4) is 0 Å². The van der Waals surface area contributed by atoms with Crippen LogP contribution in [0.5, 0.6) is 0 Å². The first-order valence-electron chi connectivity index (χ1n) is 5.95. The number of rotatable bonds is 4. The summed E-state index contributed by atoms with van der Waals surface area (Å²) in [4.78, 5) is 11.5. The molecule has 0 fully saturated rings. The number of nitrogens with one attached hydrogen (secondary N) is 1. The molecule has 2 rings (SSSR count). The van der Waals surface area contributed by atoms with Gasteiger partial charge in [0.2, 0.25) is 5.91 Å². The van der Waals surface area contributed by atoms with E-state index in [9.17, 15) is 4.79 Å². The molecule has 0 spiro atoms. The van der Waals surface area contributed by atoms with Crippen molar-refractivity contribution in [3.63, 3.8) is 0 Å². The summed E-state index contributed by atoms with van der Waals surface area (Å²) in [5, 5.41) is 3.04. The first kappa shape index (κ1) is 12.5. The second-order valence-corrected chi connectivity index (χ2v) is 6.01. The molecule has 1 aliphatic rings. The van der Waals surface area contributed by atoms with Gasteiger partial charge in [-0.25, -0.2) is 0 Å². The number of hydrogen-bond donors (Lipinski definition) is 1. The zero-order chi connectivity index (χ0) is 12.3. The summed E-state index contributed by atoms with van der Waals surface area (Å²) < 4.78 is 0. The molecule has 0 atom stereocenters. The highest BCUT2D eigenvalue weighted by Crippen LogP contribution is 2.35. The maximum absolute atomic E-state index is 11.5. The predicted octanol–water partition coefficient (Wildman–Crippen LogP) is 2.27. The first-order valence-corrected chi connectivity index (χ1v) is 7.35. The molecule has 1 aromatic carbocycles. The molecule has 17 heavy (non-hydrogen) atoms. The van der Waals surface area contributed by atoms with Gasteiger partial charge in [0.15, 0.2) is 0 Å². The van der Waals surface area contributed by atoms with Crippen LogP contribution in [0.15, 0.2) is 24.3 Å². The van der Waals surface area contributed by atoms with Crippen molar-refractivity contribution in [3.05, 3.63) is 35.4 Å². The van der Waals surface area contributed by atoms with Crippen molar-refractivity contribution in [1.82, 2.24) is 5.32 Å². The Bertz CT molecular complexity index is 391. The van der Waals surface area contributed by atoms with Crippen molar-refractivity contribution < 1.29 is 4.79 Å². The van der Waals surface area contributed by atoms with Gasteiger partial charge in [-0.05, 0) is 35.6 Å². The maximum atomic E-state index is 11.5. The van der Waals surface area contributed by atoms with E-state index in [4.69, 9.17) is 0 Å². The van der Waals surface area contributed by atoms with Gasteiger partial charge in [-0.1, -0.05) is 31.2 Å². The number of carbonyl (C=O) groups excluding carboxylic acids is 1. The second-order valence-electron chi connectivity index (χ2n) is 5.14. The molecule has 1 aromatic rings. The van der Waals surface area contributed by atoms with E-state index in [0.29, 0.717) is 5.75 Å². The summed E-state index contributed by atoms with van der Waals surface area (Å²) in [5.41, 5.74) is 3.07. The molecular formula is C14H19NOS. The number of hydrogen-bond acceptors (Lipinski definition) is 2. The molecule has 1 aliphatic carbocycles. The van der Waals surface area contributed by atoms with Crippen LogP contribution >= 0.6 is 11.8 Å².